The third kappa shape index (κ3) is 3.51. The van der Waals surface area contributed by atoms with Gasteiger partial charge in [-0.15, -0.1) is 0 Å². The molecule has 1 aromatic rings. The van der Waals surface area contributed by atoms with Crippen LogP contribution in [-0.2, 0) is 4.74 Å². The Labute approximate surface area is 107 Å². The van der Waals surface area contributed by atoms with E-state index >= 15 is 0 Å². The molecule has 2 rings (SSSR count). The van der Waals surface area contributed by atoms with Crippen molar-refractivity contribution >= 4 is 17.3 Å². The summed E-state index contributed by atoms with van der Waals surface area (Å²) in [4.78, 5) is 0. The molecule has 0 aliphatic carbocycles. The predicted octanol–water partition coefficient (Wildman–Crippen LogP) is 3.33. The van der Waals surface area contributed by atoms with E-state index in [0.29, 0.717) is 17.7 Å². The quantitative estimate of drug-likeness (QED) is 0.895. The fourth-order valence-electron chi connectivity index (χ4n) is 1.94. The van der Waals surface area contributed by atoms with Gasteiger partial charge >= 0.3 is 0 Å². The zero-order valence-corrected chi connectivity index (χ0v) is 10.8. The van der Waals surface area contributed by atoms with Crippen LogP contribution >= 0.6 is 11.6 Å². The van der Waals surface area contributed by atoms with Crippen LogP contribution in [0.4, 0.5) is 5.69 Å². The fourth-order valence-corrected chi connectivity index (χ4v) is 2.18. The number of hydrogen-bond donors (Lipinski definition) is 1. The van der Waals surface area contributed by atoms with Crippen molar-refractivity contribution in [3.8, 4) is 5.75 Å². The Morgan fingerprint density at radius 3 is 2.82 bits per heavy atom. The van der Waals surface area contributed by atoms with E-state index in [0.717, 1.165) is 37.5 Å². The van der Waals surface area contributed by atoms with Crippen molar-refractivity contribution < 1.29 is 9.47 Å². The molecular formula is C13H18ClNO2. The normalized spacial score (nSPS) is 16.8. The lowest BCUT2D eigenvalue weighted by molar-refractivity contribution is 0.0904. The SMILES string of the molecule is CCOc1ccc(NC2CCOCC2)cc1Cl. The molecular weight excluding hydrogens is 238 g/mol. The van der Waals surface area contributed by atoms with Gasteiger partial charge in [-0.3, -0.25) is 0 Å². The predicted molar refractivity (Wildman–Crippen MR) is 70.1 cm³/mol. The number of anilines is 1. The summed E-state index contributed by atoms with van der Waals surface area (Å²) in [5, 5.41) is 4.13. The van der Waals surface area contributed by atoms with Crippen LogP contribution in [0, 0.1) is 0 Å². The second-order valence-electron chi connectivity index (χ2n) is 4.11. The largest absolute Gasteiger partial charge is 0.492 e. The van der Waals surface area contributed by atoms with Gasteiger partial charge < -0.3 is 14.8 Å². The van der Waals surface area contributed by atoms with Gasteiger partial charge in [0.15, 0.2) is 0 Å². The highest BCUT2D eigenvalue weighted by molar-refractivity contribution is 6.32. The van der Waals surface area contributed by atoms with Crippen LogP contribution in [0.5, 0.6) is 5.75 Å². The van der Waals surface area contributed by atoms with Gasteiger partial charge in [0.25, 0.3) is 0 Å². The first kappa shape index (κ1) is 12.5. The molecule has 17 heavy (non-hydrogen) atoms. The molecule has 0 spiro atoms. The maximum Gasteiger partial charge on any atom is 0.138 e. The molecule has 0 bridgehead atoms. The van der Waals surface area contributed by atoms with Gasteiger partial charge in [0.2, 0.25) is 0 Å². The molecule has 0 atom stereocenters. The van der Waals surface area contributed by atoms with Crippen molar-refractivity contribution in [3.63, 3.8) is 0 Å². The van der Waals surface area contributed by atoms with E-state index in [1.807, 2.05) is 25.1 Å². The number of halogens is 1. The molecule has 0 amide bonds. The minimum absolute atomic E-state index is 0.484. The van der Waals surface area contributed by atoms with Gasteiger partial charge in [0, 0.05) is 24.9 Å². The van der Waals surface area contributed by atoms with E-state index in [1.54, 1.807) is 0 Å². The second-order valence-corrected chi connectivity index (χ2v) is 4.52. The van der Waals surface area contributed by atoms with Gasteiger partial charge in [0.05, 0.1) is 11.6 Å². The fraction of sp³-hybridized carbons (Fsp3) is 0.538. The lowest BCUT2D eigenvalue weighted by Crippen LogP contribution is -2.27. The van der Waals surface area contributed by atoms with Crippen LogP contribution in [0.15, 0.2) is 18.2 Å². The monoisotopic (exact) mass is 255 g/mol. The zero-order valence-electron chi connectivity index (χ0n) is 10.0. The van der Waals surface area contributed by atoms with E-state index in [4.69, 9.17) is 21.1 Å². The van der Waals surface area contributed by atoms with Crippen LogP contribution in [-0.4, -0.2) is 25.9 Å². The molecule has 1 aliphatic rings. The first-order valence-electron chi connectivity index (χ1n) is 6.06. The Kier molecular flexibility index (Phi) is 4.51. The number of nitrogens with one attached hydrogen (secondary N) is 1. The average Bonchev–Trinajstić information content (AvgIpc) is 2.34. The summed E-state index contributed by atoms with van der Waals surface area (Å²) in [6, 6.07) is 6.32. The molecule has 4 heteroatoms. The third-order valence-electron chi connectivity index (χ3n) is 2.82. The van der Waals surface area contributed by atoms with E-state index in [-0.39, 0.29) is 0 Å². The van der Waals surface area contributed by atoms with Gasteiger partial charge in [0.1, 0.15) is 5.75 Å². The summed E-state index contributed by atoms with van der Waals surface area (Å²) in [6.45, 7) is 4.25. The van der Waals surface area contributed by atoms with E-state index in [9.17, 15) is 0 Å². The topological polar surface area (TPSA) is 30.5 Å². The Hall–Kier alpha value is -0.930. The molecule has 0 radical (unpaired) electrons. The third-order valence-corrected chi connectivity index (χ3v) is 3.12. The van der Waals surface area contributed by atoms with Crippen molar-refractivity contribution in [2.45, 2.75) is 25.8 Å². The average molecular weight is 256 g/mol. The molecule has 1 N–H and O–H groups in total. The highest BCUT2D eigenvalue weighted by Crippen LogP contribution is 2.28. The van der Waals surface area contributed by atoms with Crippen molar-refractivity contribution in [3.05, 3.63) is 23.2 Å². The van der Waals surface area contributed by atoms with Crippen LogP contribution in [0.2, 0.25) is 5.02 Å². The van der Waals surface area contributed by atoms with Crippen LogP contribution in [0.25, 0.3) is 0 Å². The standard InChI is InChI=1S/C13H18ClNO2/c1-2-17-13-4-3-11(9-12(13)14)15-10-5-7-16-8-6-10/h3-4,9-10,15H,2,5-8H2,1H3. The number of rotatable bonds is 4. The van der Waals surface area contributed by atoms with Crippen molar-refractivity contribution in [2.75, 3.05) is 25.1 Å². The van der Waals surface area contributed by atoms with Crippen molar-refractivity contribution in [2.24, 2.45) is 0 Å². The second kappa shape index (κ2) is 6.12. The van der Waals surface area contributed by atoms with E-state index < -0.39 is 0 Å². The molecule has 3 nitrogen and oxygen atoms in total. The number of ether oxygens (including phenoxy) is 2. The van der Waals surface area contributed by atoms with Crippen molar-refractivity contribution in [1.82, 2.24) is 0 Å². The molecule has 1 aliphatic heterocycles. The lowest BCUT2D eigenvalue weighted by Gasteiger charge is -2.24. The van der Waals surface area contributed by atoms with Crippen LogP contribution in [0.1, 0.15) is 19.8 Å². The first-order chi connectivity index (χ1) is 8.29. The Balaban J connectivity index is 1.98. The van der Waals surface area contributed by atoms with Crippen LogP contribution in [0.3, 0.4) is 0 Å². The zero-order chi connectivity index (χ0) is 12.1. The molecule has 94 valence electrons. The minimum Gasteiger partial charge on any atom is -0.492 e. The molecule has 1 heterocycles. The van der Waals surface area contributed by atoms with Crippen LogP contribution < -0.4 is 10.1 Å². The summed E-state index contributed by atoms with van der Waals surface area (Å²) < 4.78 is 10.7. The smallest absolute Gasteiger partial charge is 0.138 e. The van der Waals surface area contributed by atoms with Gasteiger partial charge in [-0.2, -0.15) is 0 Å². The van der Waals surface area contributed by atoms with Gasteiger partial charge in [-0.05, 0) is 38.0 Å². The molecule has 1 fully saturated rings. The first-order valence-corrected chi connectivity index (χ1v) is 6.44. The summed E-state index contributed by atoms with van der Waals surface area (Å²) in [6.07, 6.45) is 2.09. The highest BCUT2D eigenvalue weighted by atomic mass is 35.5. The van der Waals surface area contributed by atoms with Crippen molar-refractivity contribution in [1.29, 1.82) is 0 Å². The Morgan fingerprint density at radius 1 is 1.41 bits per heavy atom. The maximum atomic E-state index is 6.14. The minimum atomic E-state index is 0.484. The lowest BCUT2D eigenvalue weighted by atomic mass is 10.1. The maximum absolute atomic E-state index is 6.14. The molecule has 0 unspecified atom stereocenters. The Morgan fingerprint density at radius 2 is 2.18 bits per heavy atom. The molecule has 1 saturated heterocycles. The van der Waals surface area contributed by atoms with E-state index in [2.05, 4.69) is 5.32 Å². The number of hydrogen-bond acceptors (Lipinski definition) is 3. The highest BCUT2D eigenvalue weighted by Gasteiger charge is 2.13. The molecule has 0 aromatic heterocycles. The van der Waals surface area contributed by atoms with E-state index in [1.165, 1.54) is 0 Å². The van der Waals surface area contributed by atoms with Gasteiger partial charge in [-0.25, -0.2) is 0 Å². The van der Waals surface area contributed by atoms with Gasteiger partial charge in [-0.1, -0.05) is 11.6 Å². The number of benzene rings is 1. The molecule has 1 aromatic carbocycles. The molecule has 0 saturated carbocycles. The summed E-state index contributed by atoms with van der Waals surface area (Å²) >= 11 is 6.14. The summed E-state index contributed by atoms with van der Waals surface area (Å²) in [5.74, 6) is 0.742. The summed E-state index contributed by atoms with van der Waals surface area (Å²) in [7, 11) is 0. The Bertz CT molecular complexity index is 364. The summed E-state index contributed by atoms with van der Waals surface area (Å²) in [5.41, 5.74) is 1.05.